The van der Waals surface area contributed by atoms with Crippen LogP contribution in [0.5, 0.6) is 0 Å². The lowest BCUT2D eigenvalue weighted by atomic mass is 10.2. The first-order valence-electron chi connectivity index (χ1n) is 6.84. The van der Waals surface area contributed by atoms with Crippen LogP contribution in [0.1, 0.15) is 26.3 Å². The predicted octanol–water partition coefficient (Wildman–Crippen LogP) is 2.34. The normalized spacial score (nSPS) is 11.2. The van der Waals surface area contributed by atoms with Crippen LogP contribution >= 0.6 is 0 Å². The Hall–Kier alpha value is -2.30. The van der Waals surface area contributed by atoms with Crippen molar-refractivity contribution in [1.29, 1.82) is 0 Å². The Bertz CT molecular complexity index is 490. The number of benzene rings is 1. The summed E-state index contributed by atoms with van der Waals surface area (Å²) in [4.78, 5) is 22.9. The molecule has 0 saturated heterocycles. The van der Waals surface area contributed by atoms with Crippen LogP contribution in [-0.2, 0) is 9.53 Å². The van der Waals surface area contributed by atoms with Crippen LogP contribution in [0.2, 0.25) is 0 Å². The van der Waals surface area contributed by atoms with Crippen LogP contribution < -0.4 is 10.6 Å². The van der Waals surface area contributed by atoms with Crippen LogP contribution in [0.15, 0.2) is 36.4 Å². The number of ether oxygens (including phenoxy) is 1. The largest absolute Gasteiger partial charge is 0.444 e. The van der Waals surface area contributed by atoms with Crippen molar-refractivity contribution < 1.29 is 14.3 Å². The number of alkyl carbamates (subject to hydrolysis) is 1. The van der Waals surface area contributed by atoms with Gasteiger partial charge in [0.2, 0.25) is 5.91 Å². The summed E-state index contributed by atoms with van der Waals surface area (Å²) in [7, 11) is 0. The maximum Gasteiger partial charge on any atom is 0.407 e. The zero-order chi connectivity index (χ0) is 15.7. The van der Waals surface area contributed by atoms with E-state index in [4.69, 9.17) is 4.74 Å². The van der Waals surface area contributed by atoms with Crippen molar-refractivity contribution in [2.24, 2.45) is 0 Å². The van der Waals surface area contributed by atoms with E-state index in [9.17, 15) is 9.59 Å². The fourth-order valence-corrected chi connectivity index (χ4v) is 1.46. The van der Waals surface area contributed by atoms with Gasteiger partial charge in [-0.05, 0) is 32.4 Å². The van der Waals surface area contributed by atoms with Gasteiger partial charge in [-0.2, -0.15) is 0 Å². The first kappa shape index (κ1) is 16.8. The van der Waals surface area contributed by atoms with Gasteiger partial charge < -0.3 is 15.4 Å². The van der Waals surface area contributed by atoms with Gasteiger partial charge in [0.05, 0.1) is 0 Å². The van der Waals surface area contributed by atoms with E-state index in [1.54, 1.807) is 26.8 Å². The van der Waals surface area contributed by atoms with Gasteiger partial charge in [0.25, 0.3) is 0 Å². The highest BCUT2D eigenvalue weighted by molar-refractivity contribution is 5.91. The molecule has 0 aliphatic rings. The van der Waals surface area contributed by atoms with E-state index in [1.165, 1.54) is 6.08 Å². The van der Waals surface area contributed by atoms with Gasteiger partial charge in [-0.3, -0.25) is 4.79 Å². The molecule has 0 unspecified atom stereocenters. The molecular formula is C16H22N2O3. The van der Waals surface area contributed by atoms with Crippen molar-refractivity contribution in [1.82, 2.24) is 10.6 Å². The summed E-state index contributed by atoms with van der Waals surface area (Å²) in [5.74, 6) is -0.204. The van der Waals surface area contributed by atoms with Gasteiger partial charge >= 0.3 is 6.09 Å². The molecule has 5 heteroatoms. The van der Waals surface area contributed by atoms with E-state index < -0.39 is 11.7 Å². The van der Waals surface area contributed by atoms with Crippen LogP contribution in [0.4, 0.5) is 4.79 Å². The molecule has 1 aromatic carbocycles. The molecule has 5 nitrogen and oxygen atoms in total. The molecule has 0 fully saturated rings. The highest BCUT2D eigenvalue weighted by Gasteiger charge is 2.15. The van der Waals surface area contributed by atoms with Crippen molar-refractivity contribution >= 4 is 18.1 Å². The number of carbonyl (C=O) groups excluding carboxylic acids is 2. The van der Waals surface area contributed by atoms with Crippen molar-refractivity contribution in [2.75, 3.05) is 13.1 Å². The Kier molecular flexibility index (Phi) is 6.46. The van der Waals surface area contributed by atoms with Gasteiger partial charge in [-0.25, -0.2) is 4.79 Å². The molecule has 0 aromatic heterocycles. The lowest BCUT2D eigenvalue weighted by Gasteiger charge is -2.19. The minimum absolute atomic E-state index is 0.204. The number of hydrogen-bond donors (Lipinski definition) is 2. The van der Waals surface area contributed by atoms with Gasteiger partial charge in [0.1, 0.15) is 5.60 Å². The van der Waals surface area contributed by atoms with Crippen molar-refractivity contribution in [3.05, 3.63) is 42.0 Å². The molecule has 1 aromatic rings. The summed E-state index contributed by atoms with van der Waals surface area (Å²) in [6.07, 6.45) is 2.70. The molecule has 0 atom stereocenters. The quantitative estimate of drug-likeness (QED) is 0.646. The van der Waals surface area contributed by atoms with E-state index in [0.717, 1.165) is 5.56 Å². The highest BCUT2D eigenvalue weighted by Crippen LogP contribution is 2.06. The second-order valence-electron chi connectivity index (χ2n) is 5.46. The van der Waals surface area contributed by atoms with Gasteiger partial charge in [0.15, 0.2) is 0 Å². The number of hydrogen-bond acceptors (Lipinski definition) is 3. The molecule has 2 amide bonds. The Morgan fingerprint density at radius 1 is 1.10 bits per heavy atom. The molecule has 2 N–H and O–H groups in total. The Labute approximate surface area is 125 Å². The smallest absolute Gasteiger partial charge is 0.407 e. The summed E-state index contributed by atoms with van der Waals surface area (Å²) in [5, 5.41) is 5.24. The maximum absolute atomic E-state index is 11.5. The fourth-order valence-electron chi connectivity index (χ4n) is 1.46. The molecule has 21 heavy (non-hydrogen) atoms. The number of rotatable bonds is 5. The van der Waals surface area contributed by atoms with Crippen LogP contribution in [0, 0.1) is 0 Å². The molecular weight excluding hydrogens is 268 g/mol. The second-order valence-corrected chi connectivity index (χ2v) is 5.46. The molecule has 0 aliphatic heterocycles. The molecule has 1 rings (SSSR count). The van der Waals surface area contributed by atoms with Crippen molar-refractivity contribution in [3.63, 3.8) is 0 Å². The van der Waals surface area contributed by atoms with Gasteiger partial charge in [-0.15, -0.1) is 0 Å². The molecule has 114 valence electrons. The number of amides is 2. The van der Waals surface area contributed by atoms with E-state index in [-0.39, 0.29) is 5.91 Å². The third-order valence-electron chi connectivity index (χ3n) is 2.32. The summed E-state index contributed by atoms with van der Waals surface area (Å²) >= 11 is 0. The number of nitrogens with one attached hydrogen (secondary N) is 2. The Morgan fingerprint density at radius 3 is 2.33 bits per heavy atom. The Balaban J connectivity index is 2.19. The Morgan fingerprint density at radius 2 is 1.71 bits per heavy atom. The molecule has 0 aliphatic carbocycles. The van der Waals surface area contributed by atoms with E-state index in [0.29, 0.717) is 13.1 Å². The number of carbonyl (C=O) groups is 2. The SMILES string of the molecule is CC(C)(C)OC(=O)NCCNC(=O)/C=C/c1ccccc1. The molecule has 0 bridgehead atoms. The second kappa shape index (κ2) is 8.09. The standard InChI is InChI=1S/C16H22N2O3/c1-16(2,3)21-15(20)18-12-11-17-14(19)10-9-13-7-5-4-6-8-13/h4-10H,11-12H2,1-3H3,(H,17,19)(H,18,20)/b10-9+. The lowest BCUT2D eigenvalue weighted by molar-refractivity contribution is -0.116. The average Bonchev–Trinajstić information content (AvgIpc) is 2.40. The summed E-state index contributed by atoms with van der Waals surface area (Å²) < 4.78 is 5.07. The molecule has 0 radical (unpaired) electrons. The zero-order valence-electron chi connectivity index (χ0n) is 12.7. The fraction of sp³-hybridized carbons (Fsp3) is 0.375. The van der Waals surface area contributed by atoms with Gasteiger partial charge in [0, 0.05) is 19.2 Å². The summed E-state index contributed by atoms with van der Waals surface area (Å²) in [6, 6.07) is 9.55. The first-order chi connectivity index (χ1) is 9.87. The third kappa shape index (κ3) is 8.47. The highest BCUT2D eigenvalue weighted by atomic mass is 16.6. The van der Waals surface area contributed by atoms with Crippen LogP contribution in [0.3, 0.4) is 0 Å². The maximum atomic E-state index is 11.5. The minimum atomic E-state index is -0.522. The van der Waals surface area contributed by atoms with E-state index in [1.807, 2.05) is 30.3 Å². The van der Waals surface area contributed by atoms with Crippen molar-refractivity contribution in [3.8, 4) is 0 Å². The minimum Gasteiger partial charge on any atom is -0.444 e. The lowest BCUT2D eigenvalue weighted by Crippen LogP contribution is -2.37. The van der Waals surface area contributed by atoms with Crippen LogP contribution in [-0.4, -0.2) is 30.7 Å². The monoisotopic (exact) mass is 290 g/mol. The van der Waals surface area contributed by atoms with Crippen LogP contribution in [0.25, 0.3) is 6.08 Å². The van der Waals surface area contributed by atoms with Crippen molar-refractivity contribution in [2.45, 2.75) is 26.4 Å². The summed E-state index contributed by atoms with van der Waals surface area (Å²) in [5.41, 5.74) is 0.436. The van der Waals surface area contributed by atoms with E-state index >= 15 is 0 Å². The summed E-state index contributed by atoms with van der Waals surface area (Å²) in [6.45, 7) is 6.05. The average molecular weight is 290 g/mol. The third-order valence-corrected chi connectivity index (χ3v) is 2.32. The van der Waals surface area contributed by atoms with Gasteiger partial charge in [-0.1, -0.05) is 30.3 Å². The zero-order valence-corrected chi connectivity index (χ0v) is 12.7. The molecule has 0 spiro atoms. The topological polar surface area (TPSA) is 67.4 Å². The predicted molar refractivity (Wildman–Crippen MR) is 82.7 cm³/mol. The first-order valence-corrected chi connectivity index (χ1v) is 6.84. The molecule has 0 saturated carbocycles. The molecule has 0 heterocycles. The van der Waals surface area contributed by atoms with E-state index in [2.05, 4.69) is 10.6 Å².